The van der Waals surface area contributed by atoms with Crippen LogP contribution in [0.25, 0.3) is 5.57 Å². The first kappa shape index (κ1) is 24.3. The second-order valence-electron chi connectivity index (χ2n) is 9.03. The molecule has 5 rings (SSSR count). The molecule has 7 heteroatoms. The number of nitrogens with one attached hydrogen (secondary N) is 2. The summed E-state index contributed by atoms with van der Waals surface area (Å²) in [5, 5.41) is 8.88. The zero-order chi connectivity index (χ0) is 23.9. The maximum atomic E-state index is 12.6. The van der Waals surface area contributed by atoms with Crippen LogP contribution in [-0.4, -0.2) is 53.8 Å². The Labute approximate surface area is 216 Å². The zero-order valence-corrected chi connectivity index (χ0v) is 21.5. The molecule has 2 aliphatic rings. The fraction of sp³-hybridized carbons (Fsp3) is 0.357. The van der Waals surface area contributed by atoms with E-state index in [0.717, 1.165) is 56.8 Å². The molecule has 35 heavy (non-hydrogen) atoms. The van der Waals surface area contributed by atoms with Gasteiger partial charge in [-0.15, -0.1) is 23.1 Å². The van der Waals surface area contributed by atoms with Crippen molar-refractivity contribution >= 4 is 34.6 Å². The number of carbonyl (C=O) groups excluding carboxylic acids is 1. The van der Waals surface area contributed by atoms with E-state index in [1.54, 1.807) is 23.5 Å². The summed E-state index contributed by atoms with van der Waals surface area (Å²) in [6.45, 7) is 3.92. The highest BCUT2D eigenvalue weighted by Gasteiger charge is 2.30. The Bertz CT molecular complexity index is 1110. The third kappa shape index (κ3) is 6.22. The van der Waals surface area contributed by atoms with Crippen molar-refractivity contribution in [3.05, 3.63) is 93.9 Å². The van der Waals surface area contributed by atoms with Crippen LogP contribution in [0.4, 0.5) is 0 Å². The van der Waals surface area contributed by atoms with E-state index in [1.165, 1.54) is 16.0 Å². The monoisotopic (exact) mass is 504 g/mol. The number of nitrogens with zero attached hydrogens (tertiary/aromatic N) is 2. The van der Waals surface area contributed by atoms with E-state index in [4.69, 9.17) is 0 Å². The SMILES string of the molecule is O=C(NCCCN1CCC(=C(c2ccccc2)c2cccs2)CC1)[C@@H]1CSC(c2cccnc2)N1. The molecule has 2 aromatic heterocycles. The van der Waals surface area contributed by atoms with Gasteiger partial charge in [-0.25, -0.2) is 0 Å². The van der Waals surface area contributed by atoms with E-state index in [-0.39, 0.29) is 17.3 Å². The van der Waals surface area contributed by atoms with Crippen molar-refractivity contribution in [1.29, 1.82) is 0 Å². The number of amides is 1. The van der Waals surface area contributed by atoms with E-state index < -0.39 is 0 Å². The molecule has 182 valence electrons. The minimum Gasteiger partial charge on any atom is -0.355 e. The highest BCUT2D eigenvalue weighted by Crippen LogP contribution is 2.35. The summed E-state index contributed by atoms with van der Waals surface area (Å²) in [6.07, 6.45) is 6.83. The van der Waals surface area contributed by atoms with Crippen molar-refractivity contribution in [1.82, 2.24) is 20.5 Å². The Balaban J connectivity index is 1.07. The first-order valence-corrected chi connectivity index (χ1v) is 14.3. The number of rotatable bonds is 8. The Morgan fingerprint density at radius 1 is 1.09 bits per heavy atom. The largest absolute Gasteiger partial charge is 0.355 e. The van der Waals surface area contributed by atoms with E-state index in [9.17, 15) is 4.79 Å². The smallest absolute Gasteiger partial charge is 0.238 e. The summed E-state index contributed by atoms with van der Waals surface area (Å²) in [5.41, 5.74) is 5.45. The second kappa shape index (κ2) is 12.0. The van der Waals surface area contributed by atoms with Gasteiger partial charge in [-0.1, -0.05) is 48.0 Å². The van der Waals surface area contributed by atoms with E-state index in [1.807, 2.05) is 23.6 Å². The molecule has 3 aromatic rings. The van der Waals surface area contributed by atoms with Crippen LogP contribution in [0.3, 0.4) is 0 Å². The van der Waals surface area contributed by atoms with Crippen LogP contribution in [0, 0.1) is 0 Å². The lowest BCUT2D eigenvalue weighted by molar-refractivity contribution is -0.122. The summed E-state index contributed by atoms with van der Waals surface area (Å²) >= 11 is 3.60. The number of thioether (sulfide) groups is 1. The standard InChI is InChI=1S/C28H32N4OS2/c33-27(24-20-35-28(31-24)23-9-4-13-29-19-23)30-14-6-15-32-16-11-22(12-17-32)26(25-10-5-18-34-25)21-7-2-1-3-8-21/h1-5,7-10,13,18-19,24,28,31H,6,11-12,14-17,20H2,(H,30,33)/t24-,28?/m0/s1. The molecular formula is C28H32N4OS2. The molecule has 0 aliphatic carbocycles. The predicted octanol–water partition coefficient (Wildman–Crippen LogP) is 4.95. The van der Waals surface area contributed by atoms with Crippen molar-refractivity contribution < 1.29 is 4.79 Å². The molecule has 0 spiro atoms. The fourth-order valence-corrected chi connectivity index (χ4v) is 6.89. The molecule has 2 N–H and O–H groups in total. The number of piperidine rings is 1. The molecular weight excluding hydrogens is 472 g/mol. The maximum Gasteiger partial charge on any atom is 0.238 e. The maximum absolute atomic E-state index is 12.6. The lowest BCUT2D eigenvalue weighted by atomic mass is 9.92. The van der Waals surface area contributed by atoms with Crippen molar-refractivity contribution in [2.45, 2.75) is 30.7 Å². The average molecular weight is 505 g/mol. The normalized spacial score (nSPS) is 20.6. The molecule has 1 aromatic carbocycles. The van der Waals surface area contributed by atoms with E-state index in [2.05, 4.69) is 74.4 Å². The number of hydrogen-bond acceptors (Lipinski definition) is 6. The minimum atomic E-state index is -0.137. The van der Waals surface area contributed by atoms with Gasteiger partial charge in [-0.05, 0) is 60.0 Å². The van der Waals surface area contributed by atoms with Gasteiger partial charge in [0.25, 0.3) is 0 Å². The third-order valence-corrected chi connectivity index (χ3v) is 8.83. The highest BCUT2D eigenvalue weighted by molar-refractivity contribution is 7.99. The lowest BCUT2D eigenvalue weighted by Gasteiger charge is -2.30. The molecule has 2 saturated heterocycles. The van der Waals surface area contributed by atoms with Gasteiger partial charge >= 0.3 is 0 Å². The number of pyridine rings is 1. The Morgan fingerprint density at radius 2 is 1.94 bits per heavy atom. The summed E-state index contributed by atoms with van der Waals surface area (Å²) in [7, 11) is 0. The first-order chi connectivity index (χ1) is 17.3. The molecule has 0 saturated carbocycles. The first-order valence-electron chi connectivity index (χ1n) is 12.4. The Hall–Kier alpha value is -2.45. The van der Waals surface area contributed by atoms with Gasteiger partial charge in [-0.3, -0.25) is 15.1 Å². The van der Waals surface area contributed by atoms with Crippen LogP contribution in [0.5, 0.6) is 0 Å². The summed E-state index contributed by atoms with van der Waals surface area (Å²) in [4.78, 5) is 20.7. The van der Waals surface area contributed by atoms with Gasteiger partial charge in [0, 0.05) is 42.7 Å². The van der Waals surface area contributed by atoms with Crippen molar-refractivity contribution in [3.63, 3.8) is 0 Å². The lowest BCUT2D eigenvalue weighted by Crippen LogP contribution is -2.43. The van der Waals surface area contributed by atoms with Crippen LogP contribution >= 0.6 is 23.1 Å². The van der Waals surface area contributed by atoms with Gasteiger partial charge in [0.05, 0.1) is 11.4 Å². The van der Waals surface area contributed by atoms with Crippen LogP contribution in [0.2, 0.25) is 0 Å². The van der Waals surface area contributed by atoms with E-state index >= 15 is 0 Å². The van der Waals surface area contributed by atoms with Crippen LogP contribution in [-0.2, 0) is 4.79 Å². The van der Waals surface area contributed by atoms with Crippen LogP contribution in [0.1, 0.15) is 40.6 Å². The molecule has 4 heterocycles. The molecule has 1 amide bonds. The van der Waals surface area contributed by atoms with E-state index in [0.29, 0.717) is 0 Å². The number of hydrogen-bond donors (Lipinski definition) is 2. The second-order valence-corrected chi connectivity index (χ2v) is 11.1. The van der Waals surface area contributed by atoms with Gasteiger partial charge < -0.3 is 10.2 Å². The molecule has 0 bridgehead atoms. The third-order valence-electron chi connectivity index (χ3n) is 6.68. The summed E-state index contributed by atoms with van der Waals surface area (Å²) in [5.74, 6) is 0.900. The zero-order valence-electron chi connectivity index (χ0n) is 19.9. The molecule has 1 unspecified atom stereocenters. The number of carbonyl (C=O) groups is 1. The minimum absolute atomic E-state index is 0.108. The molecule has 5 nitrogen and oxygen atoms in total. The molecule has 0 radical (unpaired) electrons. The molecule has 2 atom stereocenters. The summed E-state index contributed by atoms with van der Waals surface area (Å²) in [6, 6.07) is 19.1. The fourth-order valence-electron chi connectivity index (χ4n) is 4.83. The van der Waals surface area contributed by atoms with Gasteiger partial charge in [0.15, 0.2) is 0 Å². The van der Waals surface area contributed by atoms with Crippen molar-refractivity contribution in [3.8, 4) is 0 Å². The van der Waals surface area contributed by atoms with Gasteiger partial charge in [-0.2, -0.15) is 0 Å². The average Bonchev–Trinajstić information content (AvgIpc) is 3.62. The van der Waals surface area contributed by atoms with Crippen LogP contribution < -0.4 is 10.6 Å². The Morgan fingerprint density at radius 3 is 2.69 bits per heavy atom. The van der Waals surface area contributed by atoms with Gasteiger partial charge in [0.2, 0.25) is 5.91 Å². The predicted molar refractivity (Wildman–Crippen MR) is 146 cm³/mol. The molecule has 2 aliphatic heterocycles. The molecule has 2 fully saturated rings. The number of thiophene rings is 1. The number of likely N-dealkylation sites (tertiary alicyclic amines) is 1. The quantitative estimate of drug-likeness (QED) is 0.425. The van der Waals surface area contributed by atoms with Gasteiger partial charge in [0.1, 0.15) is 0 Å². The van der Waals surface area contributed by atoms with Crippen molar-refractivity contribution in [2.24, 2.45) is 0 Å². The highest BCUT2D eigenvalue weighted by atomic mass is 32.2. The topological polar surface area (TPSA) is 57.3 Å². The summed E-state index contributed by atoms with van der Waals surface area (Å²) < 4.78 is 0. The van der Waals surface area contributed by atoms with Crippen molar-refractivity contribution in [2.75, 3.05) is 31.9 Å². The van der Waals surface area contributed by atoms with Crippen LogP contribution in [0.15, 0.2) is 77.9 Å². The number of benzene rings is 1. The Kier molecular flexibility index (Phi) is 8.31. The number of aromatic nitrogens is 1.